The van der Waals surface area contributed by atoms with E-state index < -0.39 is 0 Å². The fourth-order valence-corrected chi connectivity index (χ4v) is 3.01. The lowest BCUT2D eigenvalue weighted by Gasteiger charge is -2.18. The van der Waals surface area contributed by atoms with Crippen LogP contribution in [0, 0.1) is 0 Å². The van der Waals surface area contributed by atoms with Crippen LogP contribution in [0.4, 0.5) is 0 Å². The van der Waals surface area contributed by atoms with Gasteiger partial charge in [-0.3, -0.25) is 14.7 Å². The highest BCUT2D eigenvalue weighted by Gasteiger charge is 2.11. The summed E-state index contributed by atoms with van der Waals surface area (Å²) >= 11 is 0. The maximum atomic E-state index is 12.2. The molecular formula is C22H27N5O2. The molecular weight excluding hydrogens is 366 g/mol. The predicted molar refractivity (Wildman–Crippen MR) is 111 cm³/mol. The van der Waals surface area contributed by atoms with Gasteiger partial charge in [0.2, 0.25) is 17.6 Å². The molecule has 1 aromatic carbocycles. The summed E-state index contributed by atoms with van der Waals surface area (Å²) in [5, 5.41) is 6.88. The molecule has 3 rings (SSSR count). The van der Waals surface area contributed by atoms with Gasteiger partial charge in [0.15, 0.2) is 0 Å². The lowest BCUT2D eigenvalue weighted by molar-refractivity contribution is -0.121. The zero-order valence-electron chi connectivity index (χ0n) is 17.0. The van der Waals surface area contributed by atoms with Crippen molar-refractivity contribution in [3.8, 4) is 11.5 Å². The Kier molecular flexibility index (Phi) is 7.47. The molecule has 0 spiro atoms. The molecule has 7 nitrogen and oxygen atoms in total. The van der Waals surface area contributed by atoms with E-state index in [0.29, 0.717) is 36.8 Å². The first kappa shape index (κ1) is 20.7. The molecule has 3 aromatic rings. The number of carbonyl (C=O) groups excluding carboxylic acids is 1. The number of pyridine rings is 1. The van der Waals surface area contributed by atoms with Crippen molar-refractivity contribution in [2.45, 2.75) is 39.8 Å². The van der Waals surface area contributed by atoms with Gasteiger partial charge in [-0.15, -0.1) is 0 Å². The van der Waals surface area contributed by atoms with Crippen LogP contribution in [0.2, 0.25) is 0 Å². The van der Waals surface area contributed by atoms with E-state index in [2.05, 4.69) is 51.3 Å². The highest BCUT2D eigenvalue weighted by atomic mass is 16.5. The van der Waals surface area contributed by atoms with Crippen LogP contribution in [-0.4, -0.2) is 39.0 Å². The van der Waals surface area contributed by atoms with Gasteiger partial charge in [0.1, 0.15) is 5.69 Å². The second-order valence-corrected chi connectivity index (χ2v) is 6.78. The van der Waals surface area contributed by atoms with Gasteiger partial charge in [-0.05, 0) is 36.3 Å². The molecule has 0 radical (unpaired) electrons. The highest BCUT2D eigenvalue weighted by Crippen LogP contribution is 2.13. The Hall–Kier alpha value is -3.06. The fraction of sp³-hybridized carbons (Fsp3) is 0.364. The number of aryl methyl sites for hydroxylation is 1. The summed E-state index contributed by atoms with van der Waals surface area (Å²) in [4.78, 5) is 23.1. The van der Waals surface area contributed by atoms with Crippen molar-refractivity contribution in [2.75, 3.05) is 13.1 Å². The number of nitrogens with zero attached hydrogens (tertiary/aromatic N) is 4. The first-order valence-corrected chi connectivity index (χ1v) is 9.98. The number of hydrogen-bond acceptors (Lipinski definition) is 6. The molecule has 0 bridgehead atoms. The van der Waals surface area contributed by atoms with E-state index in [-0.39, 0.29) is 5.91 Å². The first-order chi connectivity index (χ1) is 14.2. The second kappa shape index (κ2) is 10.5. The molecule has 0 saturated heterocycles. The zero-order chi connectivity index (χ0) is 20.5. The average Bonchev–Trinajstić information content (AvgIpc) is 3.24. The summed E-state index contributed by atoms with van der Waals surface area (Å²) in [6, 6.07) is 13.8. The van der Waals surface area contributed by atoms with E-state index in [1.807, 2.05) is 30.3 Å². The van der Waals surface area contributed by atoms with Gasteiger partial charge in [0.25, 0.3) is 0 Å². The normalized spacial score (nSPS) is 11.0. The maximum absolute atomic E-state index is 12.2. The van der Waals surface area contributed by atoms with Crippen molar-refractivity contribution >= 4 is 5.91 Å². The standard InChI is InChI=1S/C22H27N5O2/c1-3-27(4-2)16-18-9-7-8-17(14-18)15-24-20(28)11-12-21-25-22(26-29-21)19-10-5-6-13-23-19/h5-10,13-14H,3-4,11-12,15-16H2,1-2H3,(H,24,28). The Bertz CT molecular complexity index is 906. The molecule has 0 aliphatic rings. The predicted octanol–water partition coefficient (Wildman–Crippen LogP) is 3.22. The average molecular weight is 393 g/mol. The molecule has 152 valence electrons. The van der Waals surface area contributed by atoms with Crippen LogP contribution < -0.4 is 5.32 Å². The quantitative estimate of drug-likeness (QED) is 0.569. The number of amides is 1. The van der Waals surface area contributed by atoms with Gasteiger partial charge in [-0.2, -0.15) is 4.98 Å². The van der Waals surface area contributed by atoms with E-state index in [4.69, 9.17) is 4.52 Å². The van der Waals surface area contributed by atoms with E-state index in [1.54, 1.807) is 6.20 Å². The molecule has 2 aromatic heterocycles. The van der Waals surface area contributed by atoms with Gasteiger partial charge >= 0.3 is 0 Å². The molecule has 7 heteroatoms. The number of hydrogen-bond donors (Lipinski definition) is 1. The van der Waals surface area contributed by atoms with Crippen LogP contribution in [0.25, 0.3) is 11.5 Å². The van der Waals surface area contributed by atoms with Crippen LogP contribution in [-0.2, 0) is 24.3 Å². The van der Waals surface area contributed by atoms with Gasteiger partial charge in [0.05, 0.1) is 0 Å². The van der Waals surface area contributed by atoms with Crippen molar-refractivity contribution < 1.29 is 9.32 Å². The minimum Gasteiger partial charge on any atom is -0.352 e. The van der Waals surface area contributed by atoms with Gasteiger partial charge in [0, 0.05) is 32.1 Å². The molecule has 0 aliphatic carbocycles. The molecule has 0 aliphatic heterocycles. The zero-order valence-corrected chi connectivity index (χ0v) is 17.0. The monoisotopic (exact) mass is 393 g/mol. The summed E-state index contributed by atoms with van der Waals surface area (Å²) < 4.78 is 5.22. The van der Waals surface area contributed by atoms with Crippen molar-refractivity contribution in [3.05, 3.63) is 65.7 Å². The summed E-state index contributed by atoms with van der Waals surface area (Å²) in [6.07, 6.45) is 2.37. The van der Waals surface area contributed by atoms with Gasteiger partial charge < -0.3 is 9.84 Å². The van der Waals surface area contributed by atoms with Crippen molar-refractivity contribution in [1.29, 1.82) is 0 Å². The van der Waals surface area contributed by atoms with E-state index >= 15 is 0 Å². The van der Waals surface area contributed by atoms with Crippen LogP contribution in [0.15, 0.2) is 53.2 Å². The van der Waals surface area contributed by atoms with Crippen molar-refractivity contribution in [3.63, 3.8) is 0 Å². The molecule has 1 N–H and O–H groups in total. The topological polar surface area (TPSA) is 84.2 Å². The Balaban J connectivity index is 1.46. The third kappa shape index (κ3) is 6.22. The summed E-state index contributed by atoms with van der Waals surface area (Å²) in [6.45, 7) is 7.80. The molecule has 0 saturated carbocycles. The third-order valence-electron chi connectivity index (χ3n) is 4.71. The van der Waals surface area contributed by atoms with Crippen molar-refractivity contribution in [2.24, 2.45) is 0 Å². The van der Waals surface area contributed by atoms with E-state index in [0.717, 1.165) is 25.2 Å². The van der Waals surface area contributed by atoms with E-state index in [1.165, 1.54) is 5.56 Å². The Labute approximate surface area is 171 Å². The molecule has 0 fully saturated rings. The minimum absolute atomic E-state index is 0.0447. The number of benzene rings is 1. The Morgan fingerprint density at radius 3 is 2.69 bits per heavy atom. The number of aromatic nitrogens is 3. The smallest absolute Gasteiger partial charge is 0.227 e. The number of rotatable bonds is 10. The third-order valence-corrected chi connectivity index (χ3v) is 4.71. The molecule has 1 amide bonds. The molecule has 0 unspecified atom stereocenters. The number of carbonyl (C=O) groups is 1. The minimum atomic E-state index is -0.0447. The van der Waals surface area contributed by atoms with Gasteiger partial charge in [-0.1, -0.05) is 49.3 Å². The van der Waals surface area contributed by atoms with Crippen LogP contribution in [0.5, 0.6) is 0 Å². The van der Waals surface area contributed by atoms with Crippen molar-refractivity contribution in [1.82, 2.24) is 25.3 Å². The van der Waals surface area contributed by atoms with Crippen LogP contribution in [0.1, 0.15) is 37.3 Å². The second-order valence-electron chi connectivity index (χ2n) is 6.78. The number of nitrogens with one attached hydrogen (secondary N) is 1. The van der Waals surface area contributed by atoms with Crippen LogP contribution >= 0.6 is 0 Å². The largest absolute Gasteiger partial charge is 0.352 e. The molecule has 29 heavy (non-hydrogen) atoms. The lowest BCUT2D eigenvalue weighted by Crippen LogP contribution is -2.24. The van der Waals surface area contributed by atoms with Gasteiger partial charge in [-0.25, -0.2) is 0 Å². The Morgan fingerprint density at radius 2 is 1.93 bits per heavy atom. The molecule has 0 atom stereocenters. The summed E-state index contributed by atoms with van der Waals surface area (Å²) in [5.41, 5.74) is 3.00. The highest BCUT2D eigenvalue weighted by molar-refractivity contribution is 5.76. The van der Waals surface area contributed by atoms with E-state index in [9.17, 15) is 4.79 Å². The molecule has 2 heterocycles. The Morgan fingerprint density at radius 1 is 1.10 bits per heavy atom. The SMILES string of the molecule is CCN(CC)Cc1cccc(CNC(=O)CCc2nc(-c3ccccn3)no2)c1. The van der Waals surface area contributed by atoms with Crippen LogP contribution in [0.3, 0.4) is 0 Å². The first-order valence-electron chi connectivity index (χ1n) is 9.98. The lowest BCUT2D eigenvalue weighted by atomic mass is 10.1. The fourth-order valence-electron chi connectivity index (χ4n) is 3.01. The summed E-state index contributed by atoms with van der Waals surface area (Å²) in [7, 11) is 0. The maximum Gasteiger partial charge on any atom is 0.227 e. The summed E-state index contributed by atoms with van der Waals surface area (Å²) in [5.74, 6) is 0.824.